The minimum Gasteiger partial charge on any atom is -0.494 e. The lowest BCUT2D eigenvalue weighted by molar-refractivity contribution is 0.102. The number of amides is 1. The van der Waals surface area contributed by atoms with Crippen molar-refractivity contribution >= 4 is 34.0 Å². The van der Waals surface area contributed by atoms with Gasteiger partial charge in [-0.05, 0) is 30.3 Å². The Bertz CT molecular complexity index is 1070. The van der Waals surface area contributed by atoms with Gasteiger partial charge in [-0.3, -0.25) is 10.1 Å². The van der Waals surface area contributed by atoms with Crippen LogP contribution in [0.25, 0.3) is 11.3 Å². The maximum Gasteiger partial charge on any atom is 0.257 e. The smallest absolute Gasteiger partial charge is 0.257 e. The summed E-state index contributed by atoms with van der Waals surface area (Å²) < 4.78 is 30.0. The second kappa shape index (κ2) is 8.26. The van der Waals surface area contributed by atoms with Crippen molar-refractivity contribution in [2.75, 3.05) is 25.6 Å². The summed E-state index contributed by atoms with van der Waals surface area (Å²) in [5, 5.41) is 5.15. The van der Waals surface area contributed by atoms with E-state index in [2.05, 4.69) is 10.3 Å². The van der Waals surface area contributed by atoms with Crippen LogP contribution in [0.4, 0.5) is 9.52 Å². The Labute approximate surface area is 175 Å². The predicted molar refractivity (Wildman–Crippen MR) is 109 cm³/mol. The molecule has 0 fully saturated rings. The van der Waals surface area contributed by atoms with Crippen molar-refractivity contribution in [3.05, 3.63) is 52.1 Å². The average molecular weight is 435 g/mol. The number of hydrogen-bond donors (Lipinski definition) is 1. The number of methoxy groups -OCH3 is 1. The van der Waals surface area contributed by atoms with Gasteiger partial charge in [0.1, 0.15) is 0 Å². The topological polar surface area (TPSA) is 69.7 Å². The first kappa shape index (κ1) is 19.5. The molecule has 0 saturated heterocycles. The number of halogens is 2. The average Bonchev–Trinajstić information content (AvgIpc) is 3.03. The third-order valence-corrected chi connectivity index (χ3v) is 5.28. The largest absolute Gasteiger partial charge is 0.494 e. The van der Waals surface area contributed by atoms with Crippen LogP contribution in [0.2, 0.25) is 5.02 Å². The van der Waals surface area contributed by atoms with Crippen molar-refractivity contribution in [1.29, 1.82) is 0 Å². The van der Waals surface area contributed by atoms with Gasteiger partial charge in [-0.15, -0.1) is 11.3 Å². The molecular weight excluding hydrogens is 419 g/mol. The third-order valence-electron chi connectivity index (χ3n) is 4.24. The molecule has 3 aromatic rings. The number of benzene rings is 2. The molecule has 150 valence electrons. The monoisotopic (exact) mass is 434 g/mol. The summed E-state index contributed by atoms with van der Waals surface area (Å²) in [4.78, 5) is 17.0. The fraction of sp³-hybridized carbons (Fsp3) is 0.200. The molecule has 1 N–H and O–H groups in total. The van der Waals surface area contributed by atoms with Gasteiger partial charge in [0.05, 0.1) is 31.0 Å². The fourth-order valence-electron chi connectivity index (χ4n) is 2.82. The maximum absolute atomic E-state index is 13.9. The highest BCUT2D eigenvalue weighted by Gasteiger charge is 2.19. The summed E-state index contributed by atoms with van der Waals surface area (Å²) in [6.07, 6.45) is 0.736. The minimum atomic E-state index is -0.481. The summed E-state index contributed by atoms with van der Waals surface area (Å²) in [5.41, 5.74) is 1.45. The number of nitrogens with one attached hydrogen (secondary N) is 1. The van der Waals surface area contributed by atoms with Crippen LogP contribution < -0.4 is 19.5 Å². The van der Waals surface area contributed by atoms with E-state index in [4.69, 9.17) is 25.8 Å². The number of nitrogens with zero attached hydrogens (tertiary/aromatic N) is 1. The number of carbonyl (C=O) groups is 1. The van der Waals surface area contributed by atoms with E-state index in [0.717, 1.165) is 6.42 Å². The first-order chi connectivity index (χ1) is 14.0. The molecule has 0 unspecified atom stereocenters. The van der Waals surface area contributed by atoms with Crippen LogP contribution in [0.3, 0.4) is 0 Å². The molecule has 6 nitrogen and oxygen atoms in total. The number of hydrogen-bond acceptors (Lipinski definition) is 6. The Morgan fingerprint density at radius 3 is 2.90 bits per heavy atom. The van der Waals surface area contributed by atoms with E-state index in [9.17, 15) is 9.18 Å². The van der Waals surface area contributed by atoms with E-state index in [-0.39, 0.29) is 11.7 Å². The van der Waals surface area contributed by atoms with Gasteiger partial charge < -0.3 is 14.2 Å². The fourth-order valence-corrected chi connectivity index (χ4v) is 3.80. The van der Waals surface area contributed by atoms with Gasteiger partial charge in [0, 0.05) is 22.9 Å². The molecule has 0 bridgehead atoms. The van der Waals surface area contributed by atoms with E-state index < -0.39 is 5.82 Å². The molecule has 2 heterocycles. The van der Waals surface area contributed by atoms with Gasteiger partial charge >= 0.3 is 0 Å². The molecule has 0 atom stereocenters. The number of rotatable bonds is 4. The molecule has 9 heteroatoms. The Kier molecular flexibility index (Phi) is 5.55. The van der Waals surface area contributed by atoms with Crippen LogP contribution in [0, 0.1) is 5.82 Å². The molecule has 0 spiro atoms. The Hall–Kier alpha value is -2.84. The van der Waals surface area contributed by atoms with Crippen molar-refractivity contribution in [2.45, 2.75) is 6.42 Å². The van der Waals surface area contributed by atoms with Gasteiger partial charge in [0.25, 0.3) is 5.91 Å². The summed E-state index contributed by atoms with van der Waals surface area (Å²) in [6.45, 7) is 0.995. The Balaban J connectivity index is 1.53. The zero-order valence-corrected chi connectivity index (χ0v) is 16.9. The maximum atomic E-state index is 13.9. The van der Waals surface area contributed by atoms with Gasteiger partial charge in [-0.1, -0.05) is 11.6 Å². The predicted octanol–water partition coefficient (Wildman–Crippen LogP) is 5.02. The Morgan fingerprint density at radius 1 is 1.28 bits per heavy atom. The summed E-state index contributed by atoms with van der Waals surface area (Å²) in [5.74, 6) is 0.172. The zero-order chi connectivity index (χ0) is 20.4. The number of anilines is 1. The van der Waals surface area contributed by atoms with Crippen molar-refractivity contribution in [1.82, 2.24) is 4.98 Å². The van der Waals surface area contributed by atoms with Crippen LogP contribution in [0.5, 0.6) is 17.2 Å². The molecule has 1 aliphatic rings. The lowest BCUT2D eigenvalue weighted by Crippen LogP contribution is -2.12. The number of carbonyl (C=O) groups excluding carboxylic acids is 1. The summed E-state index contributed by atoms with van der Waals surface area (Å²) >= 11 is 7.48. The van der Waals surface area contributed by atoms with Crippen LogP contribution in [0.15, 0.2) is 35.7 Å². The SMILES string of the molecule is COc1ccc(-c2csc(NC(=O)c3cc(Cl)c4c(c3)OCCCO4)n2)cc1F. The second-order valence-electron chi connectivity index (χ2n) is 6.18. The highest BCUT2D eigenvalue weighted by Crippen LogP contribution is 2.38. The number of aromatic nitrogens is 1. The molecule has 2 aromatic carbocycles. The highest BCUT2D eigenvalue weighted by atomic mass is 35.5. The molecule has 1 amide bonds. The third kappa shape index (κ3) is 4.13. The first-order valence-electron chi connectivity index (χ1n) is 8.75. The van der Waals surface area contributed by atoms with Crippen molar-refractivity contribution < 1.29 is 23.4 Å². The highest BCUT2D eigenvalue weighted by molar-refractivity contribution is 7.14. The molecule has 1 aromatic heterocycles. The quantitative estimate of drug-likeness (QED) is 0.624. The van der Waals surface area contributed by atoms with Gasteiger partial charge in [0.2, 0.25) is 0 Å². The van der Waals surface area contributed by atoms with Crippen LogP contribution in [-0.4, -0.2) is 31.2 Å². The van der Waals surface area contributed by atoms with Crippen molar-refractivity contribution in [2.24, 2.45) is 0 Å². The molecule has 4 rings (SSSR count). The van der Waals surface area contributed by atoms with Crippen LogP contribution in [-0.2, 0) is 0 Å². The van der Waals surface area contributed by atoms with E-state index in [1.165, 1.54) is 36.6 Å². The summed E-state index contributed by atoms with van der Waals surface area (Å²) in [7, 11) is 1.40. The van der Waals surface area contributed by atoms with Gasteiger partial charge in [0.15, 0.2) is 28.2 Å². The van der Waals surface area contributed by atoms with Gasteiger partial charge in [-0.25, -0.2) is 9.37 Å². The van der Waals surface area contributed by atoms with E-state index in [1.54, 1.807) is 17.5 Å². The van der Waals surface area contributed by atoms with E-state index in [0.29, 0.717) is 51.7 Å². The lowest BCUT2D eigenvalue weighted by atomic mass is 10.1. The normalized spacial score (nSPS) is 12.9. The molecule has 29 heavy (non-hydrogen) atoms. The van der Waals surface area contributed by atoms with Gasteiger partial charge in [-0.2, -0.15) is 0 Å². The lowest BCUT2D eigenvalue weighted by Gasteiger charge is -2.11. The molecule has 0 radical (unpaired) electrons. The molecule has 0 aliphatic carbocycles. The standard InChI is InChI=1S/C20H16ClFN2O4S/c1-26-16-4-3-11(8-14(16)22)15-10-29-20(23-15)24-19(25)12-7-13(21)18-17(9-12)27-5-2-6-28-18/h3-4,7-10H,2,5-6H2,1H3,(H,23,24,25). The minimum absolute atomic E-state index is 0.156. The Morgan fingerprint density at radius 2 is 2.10 bits per heavy atom. The van der Waals surface area contributed by atoms with E-state index >= 15 is 0 Å². The molecule has 1 aliphatic heterocycles. The van der Waals surface area contributed by atoms with Crippen molar-refractivity contribution in [3.8, 4) is 28.5 Å². The van der Waals surface area contributed by atoms with Crippen LogP contribution >= 0.6 is 22.9 Å². The summed E-state index contributed by atoms with van der Waals surface area (Å²) in [6, 6.07) is 7.68. The first-order valence-corrected chi connectivity index (χ1v) is 10.0. The number of fused-ring (bicyclic) bond motifs is 1. The molecule has 0 saturated carbocycles. The van der Waals surface area contributed by atoms with Crippen molar-refractivity contribution in [3.63, 3.8) is 0 Å². The number of ether oxygens (including phenoxy) is 3. The molecular formula is C20H16ClFN2O4S. The van der Waals surface area contributed by atoms with E-state index in [1.807, 2.05) is 0 Å². The second-order valence-corrected chi connectivity index (χ2v) is 7.44. The number of thiazole rings is 1. The van der Waals surface area contributed by atoms with Crippen LogP contribution in [0.1, 0.15) is 16.8 Å². The zero-order valence-electron chi connectivity index (χ0n) is 15.3.